The second-order valence-corrected chi connectivity index (χ2v) is 6.29. The Morgan fingerprint density at radius 1 is 0.938 bits per heavy atom. The van der Waals surface area contributed by atoms with E-state index < -0.39 is 0 Å². The molecule has 96 valence electrons. The Hall–Kier alpha value is 0. The van der Waals surface area contributed by atoms with Crippen molar-refractivity contribution in [3.63, 3.8) is 0 Å². The summed E-state index contributed by atoms with van der Waals surface area (Å²) in [5.74, 6) is 2.96. The van der Waals surface area contributed by atoms with Gasteiger partial charge in [-0.1, -0.05) is 78.6 Å². The van der Waals surface area contributed by atoms with Crippen molar-refractivity contribution in [2.75, 3.05) is 0 Å². The second-order valence-electron chi connectivity index (χ2n) is 6.29. The molecule has 0 amide bonds. The Morgan fingerprint density at radius 2 is 1.56 bits per heavy atom. The molecule has 0 radical (unpaired) electrons. The van der Waals surface area contributed by atoms with E-state index in [0.29, 0.717) is 0 Å². The third-order valence-electron chi connectivity index (χ3n) is 4.54. The summed E-state index contributed by atoms with van der Waals surface area (Å²) in [7, 11) is 0. The maximum atomic E-state index is 2.46. The van der Waals surface area contributed by atoms with Gasteiger partial charge in [0.1, 0.15) is 0 Å². The number of hydrogen-bond acceptors (Lipinski definition) is 0. The molecule has 1 aliphatic carbocycles. The molecule has 0 nitrogen and oxygen atoms in total. The summed E-state index contributed by atoms with van der Waals surface area (Å²) in [4.78, 5) is 0. The fraction of sp³-hybridized carbons (Fsp3) is 1.00. The molecule has 0 aromatic carbocycles. The van der Waals surface area contributed by atoms with Gasteiger partial charge in [0.25, 0.3) is 0 Å². The standard InChI is InChI=1S/C16H32/c1-4-14(2)13-15(3)11-12-16-9-7-5-6-8-10-16/h14-16H,4-13H2,1-3H3. The number of rotatable bonds is 6. The molecule has 2 unspecified atom stereocenters. The lowest BCUT2D eigenvalue weighted by Crippen LogP contribution is -2.06. The highest BCUT2D eigenvalue weighted by Gasteiger charge is 2.14. The molecule has 1 saturated carbocycles. The van der Waals surface area contributed by atoms with Crippen molar-refractivity contribution in [1.29, 1.82) is 0 Å². The van der Waals surface area contributed by atoms with Crippen LogP contribution in [-0.4, -0.2) is 0 Å². The summed E-state index contributed by atoms with van der Waals surface area (Å²) in [6.07, 6.45) is 14.8. The van der Waals surface area contributed by atoms with Crippen molar-refractivity contribution in [1.82, 2.24) is 0 Å². The van der Waals surface area contributed by atoms with E-state index in [2.05, 4.69) is 20.8 Å². The molecule has 0 saturated heterocycles. The van der Waals surface area contributed by atoms with Crippen LogP contribution in [-0.2, 0) is 0 Å². The van der Waals surface area contributed by atoms with Gasteiger partial charge in [0.15, 0.2) is 0 Å². The third kappa shape index (κ3) is 5.92. The monoisotopic (exact) mass is 224 g/mol. The first-order valence-corrected chi connectivity index (χ1v) is 7.72. The molecule has 2 atom stereocenters. The van der Waals surface area contributed by atoms with Crippen LogP contribution in [0.2, 0.25) is 0 Å². The van der Waals surface area contributed by atoms with Crippen molar-refractivity contribution in [3.05, 3.63) is 0 Å². The molecule has 16 heavy (non-hydrogen) atoms. The van der Waals surface area contributed by atoms with Gasteiger partial charge in [-0.15, -0.1) is 0 Å². The van der Waals surface area contributed by atoms with Crippen molar-refractivity contribution < 1.29 is 0 Å². The van der Waals surface area contributed by atoms with Crippen LogP contribution >= 0.6 is 0 Å². The molecule has 0 spiro atoms. The summed E-state index contributed by atoms with van der Waals surface area (Å²) in [5.41, 5.74) is 0. The minimum atomic E-state index is 0.934. The van der Waals surface area contributed by atoms with Crippen LogP contribution in [0.5, 0.6) is 0 Å². The van der Waals surface area contributed by atoms with Crippen molar-refractivity contribution >= 4 is 0 Å². The van der Waals surface area contributed by atoms with Crippen molar-refractivity contribution in [2.24, 2.45) is 17.8 Å². The van der Waals surface area contributed by atoms with Gasteiger partial charge >= 0.3 is 0 Å². The molecule has 0 heteroatoms. The zero-order valence-electron chi connectivity index (χ0n) is 11.8. The number of hydrogen-bond donors (Lipinski definition) is 0. The molecular formula is C16H32. The minimum absolute atomic E-state index is 0.934. The predicted octanol–water partition coefficient (Wildman–Crippen LogP) is 5.81. The summed E-state index contributed by atoms with van der Waals surface area (Å²) >= 11 is 0. The van der Waals surface area contributed by atoms with Gasteiger partial charge < -0.3 is 0 Å². The highest BCUT2D eigenvalue weighted by atomic mass is 14.2. The van der Waals surface area contributed by atoms with Crippen LogP contribution < -0.4 is 0 Å². The Kier molecular flexibility index (Phi) is 7.16. The zero-order valence-corrected chi connectivity index (χ0v) is 11.8. The van der Waals surface area contributed by atoms with E-state index in [4.69, 9.17) is 0 Å². The van der Waals surface area contributed by atoms with E-state index in [-0.39, 0.29) is 0 Å². The Labute approximate surface area is 103 Å². The highest BCUT2D eigenvalue weighted by Crippen LogP contribution is 2.29. The highest BCUT2D eigenvalue weighted by molar-refractivity contribution is 4.67. The topological polar surface area (TPSA) is 0 Å². The van der Waals surface area contributed by atoms with E-state index >= 15 is 0 Å². The van der Waals surface area contributed by atoms with E-state index in [9.17, 15) is 0 Å². The average Bonchev–Trinajstić information content (AvgIpc) is 2.54. The van der Waals surface area contributed by atoms with Gasteiger partial charge in [-0.2, -0.15) is 0 Å². The van der Waals surface area contributed by atoms with Gasteiger partial charge in [-0.25, -0.2) is 0 Å². The predicted molar refractivity (Wildman–Crippen MR) is 73.7 cm³/mol. The summed E-state index contributed by atoms with van der Waals surface area (Å²) in [6, 6.07) is 0. The molecule has 0 aromatic rings. The second kappa shape index (κ2) is 8.14. The van der Waals surface area contributed by atoms with Gasteiger partial charge in [-0.3, -0.25) is 0 Å². The molecule has 0 heterocycles. The Balaban J connectivity index is 2.12. The molecule has 1 rings (SSSR count). The fourth-order valence-corrected chi connectivity index (χ4v) is 3.14. The van der Waals surface area contributed by atoms with Gasteiger partial charge in [-0.05, 0) is 24.2 Å². The van der Waals surface area contributed by atoms with Crippen LogP contribution in [0.25, 0.3) is 0 Å². The van der Waals surface area contributed by atoms with Gasteiger partial charge in [0.2, 0.25) is 0 Å². The molecule has 0 aliphatic heterocycles. The maximum Gasteiger partial charge on any atom is -0.0414 e. The SMILES string of the molecule is CCC(C)CC(C)CCC1CCCCCC1. The lowest BCUT2D eigenvalue weighted by molar-refractivity contribution is 0.331. The first-order chi connectivity index (χ1) is 7.72. The maximum absolute atomic E-state index is 2.46. The van der Waals surface area contributed by atoms with E-state index in [1.807, 2.05) is 0 Å². The molecule has 1 fully saturated rings. The molecule has 0 N–H and O–H groups in total. The molecule has 1 aliphatic rings. The van der Waals surface area contributed by atoms with Crippen LogP contribution in [0.15, 0.2) is 0 Å². The van der Waals surface area contributed by atoms with Crippen LogP contribution in [0, 0.1) is 17.8 Å². The summed E-state index contributed by atoms with van der Waals surface area (Å²) in [6.45, 7) is 7.19. The normalized spacial score (nSPS) is 22.7. The quantitative estimate of drug-likeness (QED) is 0.499. The Morgan fingerprint density at radius 3 is 2.12 bits per heavy atom. The van der Waals surface area contributed by atoms with Crippen LogP contribution in [0.4, 0.5) is 0 Å². The first-order valence-electron chi connectivity index (χ1n) is 7.72. The van der Waals surface area contributed by atoms with Gasteiger partial charge in [0.05, 0.1) is 0 Å². The summed E-state index contributed by atoms with van der Waals surface area (Å²) < 4.78 is 0. The average molecular weight is 224 g/mol. The molecular weight excluding hydrogens is 192 g/mol. The lowest BCUT2D eigenvalue weighted by atomic mass is 9.87. The van der Waals surface area contributed by atoms with Crippen molar-refractivity contribution in [2.45, 2.75) is 85.0 Å². The van der Waals surface area contributed by atoms with Gasteiger partial charge in [0, 0.05) is 0 Å². The molecule has 0 aromatic heterocycles. The lowest BCUT2D eigenvalue weighted by Gasteiger charge is -2.19. The summed E-state index contributed by atoms with van der Waals surface area (Å²) in [5, 5.41) is 0. The van der Waals surface area contributed by atoms with Crippen LogP contribution in [0.1, 0.15) is 85.0 Å². The zero-order chi connectivity index (χ0) is 11.8. The van der Waals surface area contributed by atoms with E-state index in [0.717, 1.165) is 17.8 Å². The van der Waals surface area contributed by atoms with Crippen LogP contribution in [0.3, 0.4) is 0 Å². The fourth-order valence-electron chi connectivity index (χ4n) is 3.14. The van der Waals surface area contributed by atoms with E-state index in [1.54, 1.807) is 0 Å². The smallest absolute Gasteiger partial charge is 0.0414 e. The third-order valence-corrected chi connectivity index (χ3v) is 4.54. The van der Waals surface area contributed by atoms with E-state index in [1.165, 1.54) is 64.2 Å². The van der Waals surface area contributed by atoms with Crippen molar-refractivity contribution in [3.8, 4) is 0 Å². The molecule has 0 bridgehead atoms. The first kappa shape index (κ1) is 14.1. The largest absolute Gasteiger partial charge is 0.0651 e. The Bertz CT molecular complexity index is 153. The minimum Gasteiger partial charge on any atom is -0.0651 e.